The summed E-state index contributed by atoms with van der Waals surface area (Å²) in [6.45, 7) is 3.66. The summed E-state index contributed by atoms with van der Waals surface area (Å²) in [5, 5.41) is 21.0. The molecule has 29 heavy (non-hydrogen) atoms. The summed E-state index contributed by atoms with van der Waals surface area (Å²) in [5.74, 6) is -0.606. The van der Waals surface area contributed by atoms with E-state index in [1.54, 1.807) is 13.8 Å². The highest BCUT2D eigenvalue weighted by molar-refractivity contribution is 5.79. The van der Waals surface area contributed by atoms with Crippen molar-refractivity contribution >= 4 is 11.7 Å². The van der Waals surface area contributed by atoms with Gasteiger partial charge in [-0.05, 0) is 44.1 Å². The predicted octanol–water partition coefficient (Wildman–Crippen LogP) is 2.96. The molecule has 0 spiro atoms. The van der Waals surface area contributed by atoms with Crippen LogP contribution in [0.4, 0.5) is 19.0 Å². The van der Waals surface area contributed by atoms with Gasteiger partial charge in [-0.25, -0.2) is 0 Å². The minimum absolute atomic E-state index is 0.117. The maximum Gasteiger partial charge on any atom is 0.435 e. The Balaban J connectivity index is 1.55. The third-order valence-corrected chi connectivity index (χ3v) is 4.79. The van der Waals surface area contributed by atoms with Gasteiger partial charge >= 0.3 is 12.0 Å². The van der Waals surface area contributed by atoms with E-state index in [1.165, 1.54) is 15.4 Å². The highest BCUT2D eigenvalue weighted by atomic mass is 19.4. The lowest BCUT2D eigenvalue weighted by Gasteiger charge is -2.12. The molecule has 1 unspecified atom stereocenters. The van der Waals surface area contributed by atoms with E-state index in [-0.39, 0.29) is 30.7 Å². The predicted molar refractivity (Wildman–Crippen MR) is 95.2 cm³/mol. The standard InChI is InChI=1S/C17H21F3N6O3/c1-10-8-15(26(28)29)23-25(10)11(2)16(27)21-6-3-7-24-13(12-4-5-12)9-14(22-24)17(18,19)20/h8-9,11-12H,3-7H2,1-2H3,(H,21,27). The molecule has 0 aliphatic heterocycles. The topological polar surface area (TPSA) is 108 Å². The second kappa shape index (κ2) is 7.84. The molecular weight excluding hydrogens is 393 g/mol. The molecule has 1 aliphatic carbocycles. The van der Waals surface area contributed by atoms with Crippen LogP contribution in [0.5, 0.6) is 0 Å². The Morgan fingerprint density at radius 2 is 2.07 bits per heavy atom. The van der Waals surface area contributed by atoms with Crippen LogP contribution in [-0.2, 0) is 17.5 Å². The maximum atomic E-state index is 12.9. The smallest absolute Gasteiger partial charge is 0.358 e. The van der Waals surface area contributed by atoms with Crippen molar-refractivity contribution in [3.8, 4) is 0 Å². The Kier molecular flexibility index (Phi) is 5.62. The van der Waals surface area contributed by atoms with Crippen molar-refractivity contribution in [2.45, 2.75) is 57.8 Å². The first-order valence-corrected chi connectivity index (χ1v) is 9.21. The number of alkyl halides is 3. The second-order valence-electron chi connectivity index (χ2n) is 7.12. The molecule has 12 heteroatoms. The van der Waals surface area contributed by atoms with Crippen LogP contribution in [0.3, 0.4) is 0 Å². The number of nitrogens with zero attached hydrogens (tertiary/aromatic N) is 5. The summed E-state index contributed by atoms with van der Waals surface area (Å²) in [7, 11) is 0. The third kappa shape index (κ3) is 4.74. The molecule has 1 N–H and O–H groups in total. The number of nitrogens with one attached hydrogen (secondary N) is 1. The van der Waals surface area contributed by atoms with Crippen molar-refractivity contribution in [2.24, 2.45) is 0 Å². The van der Waals surface area contributed by atoms with Crippen molar-refractivity contribution in [3.63, 3.8) is 0 Å². The fourth-order valence-electron chi connectivity index (χ4n) is 3.11. The van der Waals surface area contributed by atoms with Gasteiger partial charge in [0.1, 0.15) is 6.04 Å². The monoisotopic (exact) mass is 414 g/mol. The van der Waals surface area contributed by atoms with Crippen LogP contribution in [-0.4, -0.2) is 36.9 Å². The largest absolute Gasteiger partial charge is 0.435 e. The fourth-order valence-corrected chi connectivity index (χ4v) is 3.11. The van der Waals surface area contributed by atoms with Crippen LogP contribution in [0.25, 0.3) is 0 Å². The summed E-state index contributed by atoms with van der Waals surface area (Å²) in [4.78, 5) is 22.5. The van der Waals surface area contributed by atoms with Crippen LogP contribution in [0, 0.1) is 17.0 Å². The van der Waals surface area contributed by atoms with Gasteiger partial charge in [0, 0.05) is 24.7 Å². The summed E-state index contributed by atoms with van der Waals surface area (Å²) in [5.41, 5.74) is 0.161. The van der Waals surface area contributed by atoms with E-state index in [2.05, 4.69) is 15.5 Å². The molecule has 0 radical (unpaired) electrons. The van der Waals surface area contributed by atoms with Gasteiger partial charge in [-0.3, -0.25) is 9.48 Å². The number of aromatic nitrogens is 4. The molecule has 1 fully saturated rings. The number of hydrogen-bond donors (Lipinski definition) is 1. The summed E-state index contributed by atoms with van der Waals surface area (Å²) in [6, 6.07) is 1.62. The summed E-state index contributed by atoms with van der Waals surface area (Å²) >= 11 is 0. The van der Waals surface area contributed by atoms with Crippen molar-refractivity contribution in [3.05, 3.63) is 39.3 Å². The van der Waals surface area contributed by atoms with Gasteiger partial charge in [-0.1, -0.05) is 0 Å². The number of aryl methyl sites for hydroxylation is 2. The Labute approximate surface area is 164 Å². The number of amides is 1. The molecule has 0 aromatic carbocycles. The summed E-state index contributed by atoms with van der Waals surface area (Å²) in [6.07, 6.45) is -2.38. The second-order valence-corrected chi connectivity index (χ2v) is 7.12. The molecule has 0 saturated heterocycles. The van der Waals surface area contributed by atoms with Gasteiger partial charge in [0.25, 0.3) is 0 Å². The molecule has 2 heterocycles. The van der Waals surface area contributed by atoms with E-state index in [0.29, 0.717) is 17.8 Å². The molecule has 2 aromatic heterocycles. The number of halogens is 3. The van der Waals surface area contributed by atoms with Crippen molar-refractivity contribution in [2.75, 3.05) is 6.54 Å². The number of carbonyl (C=O) groups excluding carboxylic acids is 1. The third-order valence-electron chi connectivity index (χ3n) is 4.79. The summed E-state index contributed by atoms with van der Waals surface area (Å²) < 4.78 is 41.4. The highest BCUT2D eigenvalue weighted by Crippen LogP contribution is 2.42. The van der Waals surface area contributed by atoms with Crippen LogP contribution in [0.2, 0.25) is 0 Å². The lowest BCUT2D eigenvalue weighted by atomic mass is 10.2. The van der Waals surface area contributed by atoms with Gasteiger partial charge in [-0.2, -0.15) is 23.0 Å². The minimum Gasteiger partial charge on any atom is -0.358 e. The van der Waals surface area contributed by atoms with E-state index >= 15 is 0 Å². The lowest BCUT2D eigenvalue weighted by molar-refractivity contribution is -0.389. The maximum absolute atomic E-state index is 12.9. The average Bonchev–Trinajstić information content (AvgIpc) is 3.26. The molecule has 2 aromatic rings. The van der Waals surface area contributed by atoms with Crippen LogP contribution < -0.4 is 5.32 Å². The molecule has 1 aliphatic rings. The lowest BCUT2D eigenvalue weighted by Crippen LogP contribution is -2.33. The number of carbonyl (C=O) groups is 1. The number of rotatable bonds is 8. The van der Waals surface area contributed by atoms with Gasteiger partial charge in [0.05, 0.1) is 16.9 Å². The van der Waals surface area contributed by atoms with Crippen molar-refractivity contribution in [1.82, 2.24) is 24.9 Å². The first kappa shape index (κ1) is 20.8. The zero-order valence-corrected chi connectivity index (χ0v) is 15.9. The molecule has 1 amide bonds. The van der Waals surface area contributed by atoms with Crippen LogP contribution in [0.15, 0.2) is 12.1 Å². The highest BCUT2D eigenvalue weighted by Gasteiger charge is 2.37. The van der Waals surface area contributed by atoms with E-state index in [9.17, 15) is 28.1 Å². The first-order chi connectivity index (χ1) is 13.6. The van der Waals surface area contributed by atoms with Crippen molar-refractivity contribution < 1.29 is 22.9 Å². The molecule has 0 bridgehead atoms. The molecule has 3 rings (SSSR count). The van der Waals surface area contributed by atoms with Crippen LogP contribution >= 0.6 is 0 Å². The van der Waals surface area contributed by atoms with Crippen LogP contribution in [0.1, 0.15) is 55.2 Å². The molecular formula is C17H21F3N6O3. The Hall–Kier alpha value is -2.92. The number of nitro groups is 1. The zero-order chi connectivity index (χ0) is 21.3. The molecule has 1 atom stereocenters. The Morgan fingerprint density at radius 3 is 2.62 bits per heavy atom. The van der Waals surface area contributed by atoms with E-state index in [0.717, 1.165) is 18.9 Å². The normalized spacial score (nSPS) is 15.3. The van der Waals surface area contributed by atoms with Gasteiger partial charge < -0.3 is 15.4 Å². The average molecular weight is 414 g/mol. The zero-order valence-electron chi connectivity index (χ0n) is 15.9. The quantitative estimate of drug-likeness (QED) is 0.406. The fraction of sp³-hybridized carbons (Fsp3) is 0.588. The van der Waals surface area contributed by atoms with E-state index in [1.807, 2.05) is 0 Å². The molecule has 158 valence electrons. The van der Waals surface area contributed by atoms with E-state index in [4.69, 9.17) is 0 Å². The van der Waals surface area contributed by atoms with Gasteiger partial charge in [0.2, 0.25) is 5.91 Å². The first-order valence-electron chi connectivity index (χ1n) is 9.21. The minimum atomic E-state index is -4.48. The Morgan fingerprint density at radius 1 is 1.38 bits per heavy atom. The molecule has 9 nitrogen and oxygen atoms in total. The van der Waals surface area contributed by atoms with Gasteiger partial charge in [-0.15, -0.1) is 0 Å². The van der Waals surface area contributed by atoms with Gasteiger partial charge in [0.15, 0.2) is 5.69 Å². The Bertz CT molecular complexity index is 916. The van der Waals surface area contributed by atoms with Crippen molar-refractivity contribution in [1.29, 1.82) is 0 Å². The molecule has 1 saturated carbocycles. The van der Waals surface area contributed by atoms with E-state index < -0.39 is 22.8 Å². The number of hydrogen-bond acceptors (Lipinski definition) is 5. The SMILES string of the molecule is Cc1cc([N+](=O)[O-])nn1C(C)C(=O)NCCCn1nc(C(F)(F)F)cc1C1CC1.